The van der Waals surface area contributed by atoms with Crippen molar-refractivity contribution >= 4 is 55.7 Å². The molecule has 1 saturated heterocycles. The van der Waals surface area contributed by atoms with Gasteiger partial charge in [0, 0.05) is 10.6 Å². The van der Waals surface area contributed by atoms with Crippen LogP contribution in [0.15, 0.2) is 72.3 Å². The molecule has 1 fully saturated rings. The molecule has 4 aromatic rings. The van der Waals surface area contributed by atoms with E-state index in [0.717, 1.165) is 11.1 Å². The quantitative estimate of drug-likeness (QED) is 0.149. The number of hydrogen-bond donors (Lipinski definition) is 1. The number of aromatic nitrogens is 1. The number of carbonyl (C=O) groups excluding carboxylic acids is 2. The lowest BCUT2D eigenvalue weighted by atomic mass is 9.95. The average Bonchev–Trinajstić information content (AvgIpc) is 3.45. The summed E-state index contributed by atoms with van der Waals surface area (Å²) in [4.78, 5) is 32.9. The fourth-order valence-corrected chi connectivity index (χ4v) is 5.62. The number of aliphatic hydroxyl groups is 1. The summed E-state index contributed by atoms with van der Waals surface area (Å²) in [6.45, 7) is 4.91. The first kappa shape index (κ1) is 25.8. The van der Waals surface area contributed by atoms with Crippen LogP contribution in [-0.2, 0) is 9.59 Å². The second kappa shape index (κ2) is 10.8. The van der Waals surface area contributed by atoms with Gasteiger partial charge in [-0.25, -0.2) is 4.98 Å². The number of hydrogen-bond acceptors (Lipinski definition) is 7. The molecule has 194 valence electrons. The molecule has 0 aliphatic carbocycles. The Hall–Kier alpha value is -3.88. The van der Waals surface area contributed by atoms with E-state index in [0.29, 0.717) is 51.5 Å². The van der Waals surface area contributed by atoms with Crippen LogP contribution in [0, 0.1) is 0 Å². The summed E-state index contributed by atoms with van der Waals surface area (Å²) in [7, 11) is 0. The summed E-state index contributed by atoms with van der Waals surface area (Å²) in [5, 5.41) is 12.3. The third-order valence-electron chi connectivity index (χ3n) is 6.08. The molecule has 5 rings (SSSR count). The number of halogens is 1. The summed E-state index contributed by atoms with van der Waals surface area (Å²) < 4.78 is 12.1. The van der Waals surface area contributed by atoms with Crippen molar-refractivity contribution in [2.45, 2.75) is 26.3 Å². The molecule has 2 heterocycles. The fourth-order valence-electron chi connectivity index (χ4n) is 4.36. The third kappa shape index (κ3) is 4.85. The molecule has 1 atom stereocenters. The van der Waals surface area contributed by atoms with Crippen molar-refractivity contribution in [3.63, 3.8) is 0 Å². The van der Waals surface area contributed by atoms with E-state index in [1.165, 1.54) is 16.2 Å². The fraction of sp³-hybridized carbons (Fsp3) is 0.207. The smallest absolute Gasteiger partial charge is 0.301 e. The Bertz CT molecular complexity index is 1550. The van der Waals surface area contributed by atoms with Crippen molar-refractivity contribution in [2.24, 2.45) is 0 Å². The van der Waals surface area contributed by atoms with E-state index >= 15 is 0 Å². The SMILES string of the molecule is CCCOc1cccc(/C(O)=C2\C(=O)C(=O)N(c3nc4ccc(Cl)cc4s3)C2c2ccc(OCC)cc2)c1. The van der Waals surface area contributed by atoms with Crippen LogP contribution in [0.25, 0.3) is 16.0 Å². The monoisotopic (exact) mass is 548 g/mol. The second-order valence-corrected chi connectivity index (χ2v) is 10.1. The van der Waals surface area contributed by atoms with E-state index in [9.17, 15) is 14.7 Å². The van der Waals surface area contributed by atoms with Crippen LogP contribution in [0.1, 0.15) is 37.4 Å². The lowest BCUT2D eigenvalue weighted by Gasteiger charge is -2.23. The molecule has 1 aromatic heterocycles. The van der Waals surface area contributed by atoms with Gasteiger partial charge in [0.2, 0.25) is 0 Å². The first-order valence-electron chi connectivity index (χ1n) is 12.2. The van der Waals surface area contributed by atoms with Gasteiger partial charge in [-0.15, -0.1) is 0 Å². The lowest BCUT2D eigenvalue weighted by molar-refractivity contribution is -0.132. The molecular formula is C29H25ClN2O5S. The molecule has 38 heavy (non-hydrogen) atoms. The zero-order valence-corrected chi connectivity index (χ0v) is 22.4. The number of ether oxygens (including phenoxy) is 2. The van der Waals surface area contributed by atoms with E-state index in [4.69, 9.17) is 21.1 Å². The number of carbonyl (C=O) groups is 2. The Morgan fingerprint density at radius 2 is 1.82 bits per heavy atom. The molecule has 1 N–H and O–H groups in total. The maximum Gasteiger partial charge on any atom is 0.301 e. The summed E-state index contributed by atoms with van der Waals surface area (Å²) in [6, 6.07) is 18.3. The van der Waals surface area contributed by atoms with Crippen molar-refractivity contribution in [2.75, 3.05) is 18.1 Å². The van der Waals surface area contributed by atoms with E-state index in [1.807, 2.05) is 13.8 Å². The number of ketones is 1. The van der Waals surface area contributed by atoms with Crippen LogP contribution in [0.5, 0.6) is 11.5 Å². The number of benzene rings is 3. The van der Waals surface area contributed by atoms with E-state index < -0.39 is 17.7 Å². The van der Waals surface area contributed by atoms with E-state index in [2.05, 4.69) is 4.98 Å². The highest BCUT2D eigenvalue weighted by Crippen LogP contribution is 2.45. The number of nitrogens with zero attached hydrogens (tertiary/aromatic N) is 2. The highest BCUT2D eigenvalue weighted by atomic mass is 35.5. The van der Waals surface area contributed by atoms with Gasteiger partial charge in [0.15, 0.2) is 5.13 Å². The Balaban J connectivity index is 1.66. The van der Waals surface area contributed by atoms with Crippen LogP contribution in [0.2, 0.25) is 5.02 Å². The van der Waals surface area contributed by atoms with Gasteiger partial charge in [-0.1, -0.05) is 54.1 Å². The van der Waals surface area contributed by atoms with Gasteiger partial charge in [-0.3, -0.25) is 14.5 Å². The first-order valence-corrected chi connectivity index (χ1v) is 13.4. The maximum atomic E-state index is 13.5. The van der Waals surface area contributed by atoms with Gasteiger partial charge in [0.25, 0.3) is 5.78 Å². The van der Waals surface area contributed by atoms with E-state index in [-0.39, 0.29) is 11.3 Å². The molecule has 0 saturated carbocycles. The minimum absolute atomic E-state index is 0.0240. The lowest BCUT2D eigenvalue weighted by Crippen LogP contribution is -2.29. The van der Waals surface area contributed by atoms with Crippen LogP contribution < -0.4 is 14.4 Å². The molecular weight excluding hydrogens is 524 g/mol. The molecule has 0 spiro atoms. The molecule has 0 radical (unpaired) electrons. The van der Waals surface area contributed by atoms with Crippen molar-refractivity contribution in [3.05, 3.63) is 88.5 Å². The highest BCUT2D eigenvalue weighted by molar-refractivity contribution is 7.22. The Morgan fingerprint density at radius 1 is 1.03 bits per heavy atom. The predicted octanol–water partition coefficient (Wildman–Crippen LogP) is 6.76. The van der Waals surface area contributed by atoms with Crippen molar-refractivity contribution < 1.29 is 24.2 Å². The van der Waals surface area contributed by atoms with Crippen LogP contribution in [-0.4, -0.2) is 35.0 Å². The molecule has 1 aliphatic heterocycles. The standard InChI is InChI=1S/C29H25ClN2O5S/c1-3-14-37-21-7-5-6-18(15-21)26(33)24-25(17-8-11-20(12-9-17)36-4-2)32(28(35)27(24)34)29-31-22-13-10-19(30)16-23(22)38-29/h5-13,15-16,25,33H,3-4,14H2,1-2H3/b26-24+. The number of rotatable bonds is 8. The Labute approximate surface area is 228 Å². The zero-order chi connectivity index (χ0) is 26.8. The Kier molecular flexibility index (Phi) is 7.35. The van der Waals surface area contributed by atoms with Crippen molar-refractivity contribution in [1.29, 1.82) is 0 Å². The van der Waals surface area contributed by atoms with Gasteiger partial charge in [0.1, 0.15) is 17.3 Å². The molecule has 7 nitrogen and oxygen atoms in total. The summed E-state index contributed by atoms with van der Waals surface area (Å²) in [5.41, 5.74) is 1.64. The van der Waals surface area contributed by atoms with Crippen LogP contribution in [0.3, 0.4) is 0 Å². The van der Waals surface area contributed by atoms with Gasteiger partial charge in [-0.2, -0.15) is 0 Å². The van der Waals surface area contributed by atoms with Gasteiger partial charge >= 0.3 is 5.91 Å². The molecule has 0 bridgehead atoms. The van der Waals surface area contributed by atoms with Crippen molar-refractivity contribution in [1.82, 2.24) is 4.98 Å². The molecule has 1 amide bonds. The molecule has 1 unspecified atom stereocenters. The second-order valence-electron chi connectivity index (χ2n) is 8.66. The average molecular weight is 549 g/mol. The largest absolute Gasteiger partial charge is 0.507 e. The number of fused-ring (bicyclic) bond motifs is 1. The highest BCUT2D eigenvalue weighted by Gasteiger charge is 2.48. The summed E-state index contributed by atoms with van der Waals surface area (Å²) in [6.07, 6.45) is 0.826. The number of amides is 1. The summed E-state index contributed by atoms with van der Waals surface area (Å²) >= 11 is 7.42. The Morgan fingerprint density at radius 3 is 2.55 bits per heavy atom. The van der Waals surface area contributed by atoms with Gasteiger partial charge in [-0.05, 0) is 61.4 Å². The minimum Gasteiger partial charge on any atom is -0.507 e. The topological polar surface area (TPSA) is 89.0 Å². The van der Waals surface area contributed by atoms with E-state index in [1.54, 1.807) is 66.7 Å². The molecule has 9 heteroatoms. The number of Topliss-reactive ketones (excluding diaryl/α,β-unsaturated/α-hetero) is 1. The van der Waals surface area contributed by atoms with Crippen molar-refractivity contribution in [3.8, 4) is 11.5 Å². The first-order chi connectivity index (χ1) is 18.4. The number of thiazole rings is 1. The molecule has 1 aliphatic rings. The maximum absolute atomic E-state index is 13.5. The van der Waals surface area contributed by atoms with Gasteiger partial charge < -0.3 is 14.6 Å². The zero-order valence-electron chi connectivity index (χ0n) is 20.8. The predicted molar refractivity (Wildman–Crippen MR) is 149 cm³/mol. The van der Waals surface area contributed by atoms with Gasteiger partial charge in [0.05, 0.1) is 35.0 Å². The normalized spacial score (nSPS) is 16.8. The number of aliphatic hydroxyl groups excluding tert-OH is 1. The summed E-state index contributed by atoms with van der Waals surface area (Å²) in [5.74, 6) is -0.627. The van der Waals surface area contributed by atoms with Crippen LogP contribution >= 0.6 is 22.9 Å². The van der Waals surface area contributed by atoms with Crippen LogP contribution in [0.4, 0.5) is 5.13 Å². The third-order valence-corrected chi connectivity index (χ3v) is 7.33. The number of anilines is 1. The minimum atomic E-state index is -0.901. The molecule has 3 aromatic carbocycles.